The molecular formula is C16H21N5OS. The summed E-state index contributed by atoms with van der Waals surface area (Å²) in [4.78, 5) is 0. The molecule has 122 valence electrons. The second-order valence-corrected chi connectivity index (χ2v) is 6.57. The predicted molar refractivity (Wildman–Crippen MR) is 90.7 cm³/mol. The third-order valence-electron chi connectivity index (χ3n) is 3.33. The topological polar surface area (TPSA) is 89.8 Å². The van der Waals surface area contributed by atoms with Crippen LogP contribution < -0.4 is 10.6 Å². The Balaban J connectivity index is 2.07. The summed E-state index contributed by atoms with van der Waals surface area (Å²) in [6.45, 7) is 6.55. The minimum atomic E-state index is 0.255. The third-order valence-corrected chi connectivity index (χ3v) is 4.27. The summed E-state index contributed by atoms with van der Waals surface area (Å²) in [5.41, 5.74) is 2.30. The number of thioether (sulfide) groups is 1. The maximum absolute atomic E-state index is 8.56. The number of benzene rings is 1. The Morgan fingerprint density at radius 1 is 1.39 bits per heavy atom. The summed E-state index contributed by atoms with van der Waals surface area (Å²) in [5.74, 6) is 8.40. The van der Waals surface area contributed by atoms with Crippen molar-refractivity contribution in [2.24, 2.45) is 0 Å². The van der Waals surface area contributed by atoms with Gasteiger partial charge in [0.2, 0.25) is 5.16 Å². The molecule has 2 aromatic rings. The first-order valence-electron chi connectivity index (χ1n) is 7.45. The Kier molecular flexibility index (Phi) is 5.88. The van der Waals surface area contributed by atoms with Crippen molar-refractivity contribution in [3.05, 3.63) is 35.2 Å². The molecule has 1 aromatic carbocycles. The fraction of sp³-hybridized carbons (Fsp3) is 0.438. The number of nitrogens with two attached hydrogens (primary N) is 1. The van der Waals surface area contributed by atoms with Crippen molar-refractivity contribution in [1.29, 1.82) is 5.26 Å². The van der Waals surface area contributed by atoms with E-state index < -0.39 is 0 Å². The number of ether oxygens (including phenoxy) is 1. The number of nitrogens with zero attached hydrogens (tertiary/aromatic N) is 4. The fourth-order valence-electron chi connectivity index (χ4n) is 2.08. The molecular weight excluding hydrogens is 310 g/mol. The van der Waals surface area contributed by atoms with Gasteiger partial charge in [-0.25, -0.2) is 4.68 Å². The molecule has 0 bridgehead atoms. The number of nitrogen functional groups attached to an aromatic ring is 1. The van der Waals surface area contributed by atoms with Crippen LogP contribution in [-0.2, 0) is 6.61 Å². The molecule has 0 aliphatic carbocycles. The summed E-state index contributed by atoms with van der Waals surface area (Å²) in [7, 11) is 0. The third kappa shape index (κ3) is 4.39. The zero-order valence-electron chi connectivity index (χ0n) is 13.6. The van der Waals surface area contributed by atoms with Crippen LogP contribution >= 0.6 is 11.8 Å². The van der Waals surface area contributed by atoms with Crippen LogP contribution in [-0.4, -0.2) is 20.6 Å². The molecule has 0 unspecified atom stereocenters. The molecule has 0 aliphatic rings. The van der Waals surface area contributed by atoms with Crippen molar-refractivity contribution in [2.45, 2.75) is 44.9 Å². The van der Waals surface area contributed by atoms with Gasteiger partial charge in [-0.05, 0) is 30.0 Å². The van der Waals surface area contributed by atoms with E-state index in [1.165, 1.54) is 16.4 Å². The van der Waals surface area contributed by atoms with Gasteiger partial charge in [-0.15, -0.1) is 10.2 Å². The number of rotatable bonds is 7. The average Bonchev–Trinajstić information content (AvgIpc) is 2.86. The lowest BCUT2D eigenvalue weighted by Gasteiger charge is -2.14. The quantitative estimate of drug-likeness (QED) is 0.476. The Labute approximate surface area is 140 Å². The van der Waals surface area contributed by atoms with Crippen molar-refractivity contribution >= 4 is 11.8 Å². The molecule has 1 aromatic heterocycles. The smallest absolute Gasteiger partial charge is 0.209 e. The van der Waals surface area contributed by atoms with E-state index in [1.807, 2.05) is 13.0 Å². The standard InChI is InChI=1S/C16H21N5OS/c1-11(2)13-6-5-12(3)9-14(13)22-10-15-19-20-16(21(15)18)23-8-4-7-17/h5-6,9,11H,4,8,10,18H2,1-3H3. The van der Waals surface area contributed by atoms with Gasteiger partial charge in [0.1, 0.15) is 12.4 Å². The minimum absolute atomic E-state index is 0.255. The number of hydrogen-bond donors (Lipinski definition) is 1. The molecule has 0 spiro atoms. The highest BCUT2D eigenvalue weighted by molar-refractivity contribution is 7.99. The van der Waals surface area contributed by atoms with Crippen LogP contribution in [0.1, 0.15) is 43.1 Å². The van der Waals surface area contributed by atoms with Crippen molar-refractivity contribution < 1.29 is 4.74 Å². The highest BCUT2D eigenvalue weighted by Crippen LogP contribution is 2.28. The van der Waals surface area contributed by atoms with Crippen molar-refractivity contribution in [2.75, 3.05) is 11.6 Å². The molecule has 0 saturated heterocycles. The van der Waals surface area contributed by atoms with Crippen molar-refractivity contribution in [1.82, 2.24) is 14.9 Å². The summed E-state index contributed by atoms with van der Waals surface area (Å²) < 4.78 is 7.34. The van der Waals surface area contributed by atoms with Crippen LogP contribution in [0.15, 0.2) is 23.4 Å². The molecule has 0 atom stereocenters. The molecule has 0 aliphatic heterocycles. The van der Waals surface area contributed by atoms with E-state index in [0.29, 0.717) is 29.1 Å². The molecule has 6 nitrogen and oxygen atoms in total. The largest absolute Gasteiger partial charge is 0.485 e. The van der Waals surface area contributed by atoms with Gasteiger partial charge in [-0.2, -0.15) is 5.26 Å². The monoisotopic (exact) mass is 331 g/mol. The first-order valence-corrected chi connectivity index (χ1v) is 8.44. The molecule has 0 fully saturated rings. The van der Waals surface area contributed by atoms with Gasteiger partial charge in [-0.3, -0.25) is 0 Å². The maximum Gasteiger partial charge on any atom is 0.209 e. The fourth-order valence-corrected chi connectivity index (χ4v) is 2.80. The van der Waals surface area contributed by atoms with E-state index in [-0.39, 0.29) is 6.61 Å². The molecule has 1 heterocycles. The maximum atomic E-state index is 8.56. The van der Waals surface area contributed by atoms with E-state index in [0.717, 1.165) is 16.9 Å². The Morgan fingerprint density at radius 2 is 2.17 bits per heavy atom. The van der Waals surface area contributed by atoms with E-state index in [1.54, 1.807) is 0 Å². The summed E-state index contributed by atoms with van der Waals surface area (Å²) in [5, 5.41) is 17.3. The molecule has 23 heavy (non-hydrogen) atoms. The zero-order chi connectivity index (χ0) is 16.8. The number of aromatic nitrogens is 3. The lowest BCUT2D eigenvalue weighted by molar-refractivity contribution is 0.287. The van der Waals surface area contributed by atoms with Gasteiger partial charge in [0, 0.05) is 12.2 Å². The summed E-state index contributed by atoms with van der Waals surface area (Å²) >= 11 is 1.41. The predicted octanol–water partition coefficient (Wildman–Crippen LogP) is 3.01. The number of hydrogen-bond acceptors (Lipinski definition) is 6. The van der Waals surface area contributed by atoms with E-state index in [4.69, 9.17) is 15.8 Å². The highest BCUT2D eigenvalue weighted by atomic mass is 32.2. The molecule has 0 saturated carbocycles. The number of aryl methyl sites for hydroxylation is 1. The molecule has 0 radical (unpaired) electrons. The van der Waals surface area contributed by atoms with Crippen LogP contribution in [0.25, 0.3) is 0 Å². The van der Waals surface area contributed by atoms with Crippen LogP contribution in [0.3, 0.4) is 0 Å². The SMILES string of the molecule is Cc1ccc(C(C)C)c(OCc2nnc(SCCC#N)n2N)c1. The number of nitriles is 1. The molecule has 2 N–H and O–H groups in total. The summed E-state index contributed by atoms with van der Waals surface area (Å²) in [6.07, 6.45) is 0.449. The lowest BCUT2D eigenvalue weighted by Crippen LogP contribution is -2.16. The normalized spacial score (nSPS) is 10.7. The van der Waals surface area contributed by atoms with E-state index >= 15 is 0 Å². The Bertz CT molecular complexity index is 705. The lowest BCUT2D eigenvalue weighted by atomic mass is 10.0. The van der Waals surface area contributed by atoms with Gasteiger partial charge in [0.15, 0.2) is 5.82 Å². The van der Waals surface area contributed by atoms with E-state index in [9.17, 15) is 0 Å². The summed E-state index contributed by atoms with van der Waals surface area (Å²) in [6, 6.07) is 8.28. The van der Waals surface area contributed by atoms with Gasteiger partial charge < -0.3 is 10.6 Å². The first-order chi connectivity index (χ1) is 11.0. The van der Waals surface area contributed by atoms with E-state index in [2.05, 4.69) is 42.2 Å². The Hall–Kier alpha value is -2.20. The van der Waals surface area contributed by atoms with Crippen molar-refractivity contribution in [3.8, 4) is 11.8 Å². The van der Waals surface area contributed by atoms with Gasteiger partial charge >= 0.3 is 0 Å². The van der Waals surface area contributed by atoms with Crippen molar-refractivity contribution in [3.63, 3.8) is 0 Å². The average molecular weight is 331 g/mol. The molecule has 7 heteroatoms. The van der Waals surface area contributed by atoms with Crippen LogP contribution in [0.5, 0.6) is 5.75 Å². The molecule has 2 rings (SSSR count). The van der Waals surface area contributed by atoms with Gasteiger partial charge in [0.25, 0.3) is 0 Å². The highest BCUT2D eigenvalue weighted by Gasteiger charge is 2.13. The molecule has 0 amide bonds. The van der Waals surface area contributed by atoms with Gasteiger partial charge in [-0.1, -0.05) is 37.7 Å². The van der Waals surface area contributed by atoms with Gasteiger partial charge in [0.05, 0.1) is 6.07 Å². The second-order valence-electron chi connectivity index (χ2n) is 5.51. The van der Waals surface area contributed by atoms with Crippen LogP contribution in [0, 0.1) is 18.3 Å². The second kappa shape index (κ2) is 7.88. The zero-order valence-corrected chi connectivity index (χ0v) is 14.4. The van der Waals surface area contributed by atoms with Crippen LogP contribution in [0.4, 0.5) is 0 Å². The Morgan fingerprint density at radius 3 is 2.87 bits per heavy atom. The first kappa shape index (κ1) is 17.2. The van der Waals surface area contributed by atoms with Crippen LogP contribution in [0.2, 0.25) is 0 Å². The minimum Gasteiger partial charge on any atom is -0.485 e.